The van der Waals surface area contributed by atoms with Crippen LogP contribution >= 0.6 is 0 Å². The third-order valence-corrected chi connectivity index (χ3v) is 3.85. The van der Waals surface area contributed by atoms with Gasteiger partial charge in [0, 0.05) is 26.2 Å². The molecule has 6 nitrogen and oxygen atoms in total. The van der Waals surface area contributed by atoms with Gasteiger partial charge in [0.05, 0.1) is 17.9 Å². The number of ether oxygens (including phenoxy) is 1. The average molecular weight is 254 g/mol. The van der Waals surface area contributed by atoms with Crippen LogP contribution in [0.3, 0.4) is 0 Å². The number of nitrogens with one attached hydrogen (secondary N) is 1. The summed E-state index contributed by atoms with van der Waals surface area (Å²) in [5, 5.41) is 3.23. The third kappa shape index (κ3) is 1.80. The van der Waals surface area contributed by atoms with Crippen molar-refractivity contribution in [2.75, 3.05) is 33.3 Å². The highest BCUT2D eigenvalue weighted by Gasteiger charge is 2.54. The molecule has 0 aromatic rings. The van der Waals surface area contributed by atoms with Crippen LogP contribution in [0, 0.1) is 10.8 Å². The smallest absolute Gasteiger partial charge is 0.396 e. The fourth-order valence-electron chi connectivity index (χ4n) is 3.02. The topological polar surface area (TPSA) is 75.7 Å². The van der Waals surface area contributed by atoms with Crippen molar-refractivity contribution in [3.8, 4) is 0 Å². The van der Waals surface area contributed by atoms with Crippen molar-refractivity contribution >= 4 is 17.7 Å². The number of nitrogens with zero attached hydrogens (tertiary/aromatic N) is 1. The molecule has 0 aliphatic carbocycles. The number of carbonyl (C=O) groups is 3. The van der Waals surface area contributed by atoms with Gasteiger partial charge in [-0.05, 0) is 13.8 Å². The van der Waals surface area contributed by atoms with E-state index in [0.717, 1.165) is 0 Å². The van der Waals surface area contributed by atoms with E-state index in [9.17, 15) is 14.4 Å². The number of hydrogen-bond donors (Lipinski definition) is 1. The number of fused-ring (bicyclic) bond motifs is 2. The molecule has 1 N–H and O–H groups in total. The van der Waals surface area contributed by atoms with E-state index in [4.69, 9.17) is 0 Å². The molecule has 2 heterocycles. The van der Waals surface area contributed by atoms with Gasteiger partial charge >= 0.3 is 11.9 Å². The number of methoxy groups -OCH3 is 1. The second-order valence-electron chi connectivity index (χ2n) is 5.71. The monoisotopic (exact) mass is 254 g/mol. The lowest BCUT2D eigenvalue weighted by Gasteiger charge is -2.51. The molecule has 2 saturated heterocycles. The van der Waals surface area contributed by atoms with E-state index in [-0.39, 0.29) is 18.9 Å². The summed E-state index contributed by atoms with van der Waals surface area (Å²) in [6, 6.07) is 0. The highest BCUT2D eigenvalue weighted by Crippen LogP contribution is 2.39. The van der Waals surface area contributed by atoms with Gasteiger partial charge in [-0.2, -0.15) is 0 Å². The van der Waals surface area contributed by atoms with E-state index in [1.807, 2.05) is 13.8 Å². The number of esters is 1. The van der Waals surface area contributed by atoms with Gasteiger partial charge in [0.25, 0.3) is 0 Å². The first kappa shape index (κ1) is 13.0. The van der Waals surface area contributed by atoms with Crippen LogP contribution < -0.4 is 5.32 Å². The number of Topliss-reactive ketones (excluding diaryl/α,β-unsaturated/α-hetero) is 1. The number of rotatable bonds is 0. The lowest BCUT2D eigenvalue weighted by atomic mass is 9.65. The molecule has 0 aromatic heterocycles. The van der Waals surface area contributed by atoms with E-state index >= 15 is 0 Å². The Bertz CT molecular complexity index is 400. The van der Waals surface area contributed by atoms with E-state index in [1.165, 1.54) is 12.0 Å². The molecule has 2 aliphatic heterocycles. The van der Waals surface area contributed by atoms with Crippen molar-refractivity contribution in [1.82, 2.24) is 10.2 Å². The molecular formula is C12H18N2O4. The minimum atomic E-state index is -0.873. The Morgan fingerprint density at radius 1 is 1.22 bits per heavy atom. The summed E-state index contributed by atoms with van der Waals surface area (Å²) in [4.78, 5) is 37.0. The predicted octanol–water partition coefficient (Wildman–Crippen LogP) is -0.813. The van der Waals surface area contributed by atoms with Gasteiger partial charge in [-0.1, -0.05) is 0 Å². The third-order valence-electron chi connectivity index (χ3n) is 3.85. The molecule has 0 aromatic carbocycles. The second kappa shape index (κ2) is 4.05. The maximum Gasteiger partial charge on any atom is 0.396 e. The zero-order valence-electron chi connectivity index (χ0n) is 10.9. The summed E-state index contributed by atoms with van der Waals surface area (Å²) >= 11 is 0. The number of ketones is 1. The van der Waals surface area contributed by atoms with E-state index in [2.05, 4.69) is 10.1 Å². The van der Waals surface area contributed by atoms with Crippen LogP contribution in [0.5, 0.6) is 0 Å². The minimum absolute atomic E-state index is 0.169. The molecule has 1 amide bonds. The molecule has 2 atom stereocenters. The maximum absolute atomic E-state index is 12.4. The molecule has 18 heavy (non-hydrogen) atoms. The van der Waals surface area contributed by atoms with Crippen LogP contribution in [0.2, 0.25) is 0 Å². The van der Waals surface area contributed by atoms with Crippen LogP contribution in [0.15, 0.2) is 0 Å². The predicted molar refractivity (Wildman–Crippen MR) is 62.7 cm³/mol. The first-order chi connectivity index (χ1) is 8.32. The Labute approximate surface area is 106 Å². The molecule has 2 rings (SSSR count). The molecule has 6 heteroatoms. The normalized spacial score (nSPS) is 35.3. The molecule has 100 valence electrons. The highest BCUT2D eigenvalue weighted by atomic mass is 16.5. The number of carbonyl (C=O) groups excluding carboxylic acids is 3. The summed E-state index contributed by atoms with van der Waals surface area (Å²) in [5.74, 6) is -1.37. The summed E-state index contributed by atoms with van der Waals surface area (Å²) in [5.41, 5.74) is -1.23. The average Bonchev–Trinajstić information content (AvgIpc) is 2.31. The molecule has 2 fully saturated rings. The Balaban J connectivity index is 2.26. The van der Waals surface area contributed by atoms with Crippen LogP contribution in [-0.2, 0) is 19.1 Å². The van der Waals surface area contributed by atoms with Crippen molar-refractivity contribution in [3.05, 3.63) is 0 Å². The van der Waals surface area contributed by atoms with Crippen molar-refractivity contribution in [1.29, 1.82) is 0 Å². The maximum atomic E-state index is 12.4. The second-order valence-corrected chi connectivity index (χ2v) is 5.71. The van der Waals surface area contributed by atoms with Crippen LogP contribution in [0.25, 0.3) is 0 Å². The number of amides is 1. The van der Waals surface area contributed by atoms with Crippen LogP contribution in [-0.4, -0.2) is 55.8 Å². The molecule has 0 radical (unpaired) electrons. The van der Waals surface area contributed by atoms with Crippen molar-refractivity contribution in [2.45, 2.75) is 13.8 Å². The summed E-state index contributed by atoms with van der Waals surface area (Å²) in [6.45, 7) is 5.26. The Hall–Kier alpha value is -1.43. The zero-order chi connectivity index (χ0) is 13.6. The van der Waals surface area contributed by atoms with Gasteiger partial charge in [-0.15, -0.1) is 0 Å². The molecule has 0 spiro atoms. The molecule has 2 aliphatic rings. The molecule has 0 saturated carbocycles. The first-order valence-corrected chi connectivity index (χ1v) is 5.95. The SMILES string of the molecule is COC(=O)C(=O)N1C[C@]2(C)CNC[C@](C)(C1)C2=O. The summed E-state index contributed by atoms with van der Waals surface area (Å²) < 4.78 is 4.45. The highest BCUT2D eigenvalue weighted by molar-refractivity contribution is 6.32. The zero-order valence-corrected chi connectivity index (χ0v) is 10.9. The van der Waals surface area contributed by atoms with Gasteiger partial charge in [-0.3, -0.25) is 9.59 Å². The molecular weight excluding hydrogens is 236 g/mol. The van der Waals surface area contributed by atoms with E-state index < -0.39 is 22.7 Å². The number of hydrogen-bond acceptors (Lipinski definition) is 5. The molecule has 0 unspecified atom stereocenters. The Morgan fingerprint density at radius 2 is 1.72 bits per heavy atom. The molecule has 2 bridgehead atoms. The van der Waals surface area contributed by atoms with Crippen molar-refractivity contribution < 1.29 is 19.1 Å². The Morgan fingerprint density at radius 3 is 2.17 bits per heavy atom. The van der Waals surface area contributed by atoms with E-state index in [1.54, 1.807) is 0 Å². The van der Waals surface area contributed by atoms with E-state index in [0.29, 0.717) is 13.1 Å². The van der Waals surface area contributed by atoms with Crippen molar-refractivity contribution in [3.63, 3.8) is 0 Å². The van der Waals surface area contributed by atoms with Gasteiger partial charge in [0.1, 0.15) is 0 Å². The van der Waals surface area contributed by atoms with Gasteiger partial charge < -0.3 is 15.0 Å². The van der Waals surface area contributed by atoms with Crippen molar-refractivity contribution in [2.24, 2.45) is 10.8 Å². The van der Waals surface area contributed by atoms with Gasteiger partial charge in [0.2, 0.25) is 0 Å². The Kier molecular flexibility index (Phi) is 2.93. The first-order valence-electron chi connectivity index (χ1n) is 5.95. The van der Waals surface area contributed by atoms with Gasteiger partial charge in [0.15, 0.2) is 5.78 Å². The van der Waals surface area contributed by atoms with Crippen LogP contribution in [0.4, 0.5) is 0 Å². The summed E-state index contributed by atoms with van der Waals surface area (Å²) in [6.07, 6.45) is 0. The number of likely N-dealkylation sites (tertiary alicyclic amines) is 1. The van der Waals surface area contributed by atoms with Gasteiger partial charge in [-0.25, -0.2) is 4.79 Å². The fraction of sp³-hybridized carbons (Fsp3) is 0.750. The number of piperidine rings is 2. The lowest BCUT2D eigenvalue weighted by Crippen LogP contribution is -2.68. The summed E-state index contributed by atoms with van der Waals surface area (Å²) in [7, 11) is 1.18. The quantitative estimate of drug-likeness (QED) is 0.452. The largest absolute Gasteiger partial charge is 0.462 e. The fourth-order valence-corrected chi connectivity index (χ4v) is 3.02. The standard InChI is InChI=1S/C12H18N2O4/c1-11-4-13-5-12(2,10(11)17)7-14(6-11)8(15)9(16)18-3/h13H,4-7H2,1-3H3/t11-,12+. The lowest BCUT2D eigenvalue weighted by molar-refractivity contribution is -0.166. The minimum Gasteiger partial charge on any atom is -0.462 e. The van der Waals surface area contributed by atoms with Crippen LogP contribution in [0.1, 0.15) is 13.8 Å².